The first-order chi connectivity index (χ1) is 36.1. The smallest absolute Gasteiger partial charge is 0.285 e. The molecular weight excluding hydrogens is 1120 g/mol. The second-order valence-electron chi connectivity index (χ2n) is 27.5. The Labute approximate surface area is 485 Å². The van der Waals surface area contributed by atoms with E-state index in [0.29, 0.717) is 44.2 Å². The van der Waals surface area contributed by atoms with Gasteiger partial charge in [0.2, 0.25) is 35.3 Å². The lowest BCUT2D eigenvalue weighted by molar-refractivity contribution is -0.145. The number of carbonyl (C=O) groups is 11. The molecule has 19 heteroatoms. The van der Waals surface area contributed by atoms with Crippen LogP contribution in [-0.2, 0) is 52.7 Å². The van der Waals surface area contributed by atoms with Gasteiger partial charge in [0.1, 0.15) is 17.7 Å². The second kappa shape index (κ2) is 26.9. The van der Waals surface area contributed by atoms with E-state index in [1.54, 1.807) is 9.80 Å². The van der Waals surface area contributed by atoms with E-state index in [9.17, 15) is 57.8 Å². The Bertz CT molecular complexity index is 2360. The number of likely N-dealkylation sites (tertiary alicyclic amines) is 2. The number of amides is 6. The van der Waals surface area contributed by atoms with Crippen LogP contribution >= 0.6 is 0 Å². The number of aliphatic hydroxyl groups excluding tert-OH is 1. The van der Waals surface area contributed by atoms with Crippen molar-refractivity contribution >= 4 is 64.4 Å². The summed E-state index contributed by atoms with van der Waals surface area (Å²) >= 11 is 0. The van der Waals surface area contributed by atoms with Crippen molar-refractivity contribution in [2.45, 2.75) is 177 Å². The van der Waals surface area contributed by atoms with Crippen LogP contribution in [0.15, 0.2) is 25.3 Å². The molecule has 0 radical (unpaired) electrons. The lowest BCUT2D eigenvalue weighted by atomic mass is 9.75. The van der Waals surface area contributed by atoms with Crippen molar-refractivity contribution < 1.29 is 81.8 Å². The van der Waals surface area contributed by atoms with Gasteiger partial charge in [0.25, 0.3) is 5.91 Å². The monoisotopic (exact) mass is 1220 g/mol. The molecule has 442 valence electrons. The number of aliphatic hydroxyl groups is 1. The largest absolute Gasteiger partial charge is 1.00 e. The molecule has 0 aromatic heterocycles. The highest BCUT2D eigenvalue weighted by Crippen LogP contribution is 2.66. The summed E-state index contributed by atoms with van der Waals surface area (Å²) in [6.45, 7) is 27.6. The maximum atomic E-state index is 13.9. The van der Waals surface area contributed by atoms with Gasteiger partial charge in [0, 0.05) is 76.5 Å². The summed E-state index contributed by atoms with van der Waals surface area (Å²) in [5.41, 5.74) is 9.98. The summed E-state index contributed by atoms with van der Waals surface area (Å²) in [6, 6.07) is -1.44. The summed E-state index contributed by atoms with van der Waals surface area (Å²) in [6.07, 6.45) is 8.22. The first-order valence-electron chi connectivity index (χ1n) is 28.4. The fraction of sp³-hybridized carbons (Fsp3) is 0.750. The van der Waals surface area contributed by atoms with Crippen molar-refractivity contribution in [2.75, 3.05) is 26.2 Å². The number of nitrogens with two attached hydrogens (primary N) is 2. The third kappa shape index (κ3) is 17.2. The van der Waals surface area contributed by atoms with Crippen LogP contribution in [0.2, 0.25) is 0 Å². The number of halogens is 1. The number of Topliss-reactive ketones (excluding diaryl/α,β-unsaturated/α-hetero) is 5. The van der Waals surface area contributed by atoms with Crippen LogP contribution in [-0.4, -0.2) is 124 Å². The standard InChI is InChI=1S/C30H47N3O6.C30H45N3O6.HI/c2*1-7-23(36)32-15-19(12-20(34)14-29(2,3)4)28(39)33-16-21-24(30(21,5)6)25(33)22(35)13-18(26(37)27(31)38)11-17-9-8-10-17;/h7,17-19,21,24-26,37H,1,8-16H2,2-6H3,(H2,31,38)(H,32,36);7,17-19,21,24-25H,1,8-16H2,2-6H3,(H2,31,38)(H,32,36);1H/p-1/t18?,19-,21?,24-,25?,26?;18?,19-,21?,24-,25?;/m00./s1. The molecule has 11 atom stereocenters. The van der Waals surface area contributed by atoms with Crippen molar-refractivity contribution in [3.63, 3.8) is 0 Å². The van der Waals surface area contributed by atoms with Crippen LogP contribution in [0.25, 0.3) is 0 Å². The third-order valence-electron chi connectivity index (χ3n) is 18.1. The molecule has 2 heterocycles. The maximum Gasteiger partial charge on any atom is 0.285 e. The molecular formula is C60H92IN6O12-. The van der Waals surface area contributed by atoms with Gasteiger partial charge in [-0.25, -0.2) is 0 Å². The van der Waals surface area contributed by atoms with Crippen LogP contribution in [0.1, 0.15) is 159 Å². The van der Waals surface area contributed by atoms with Gasteiger partial charge in [0.15, 0.2) is 11.6 Å². The number of fused-ring (bicyclic) bond motifs is 2. The van der Waals surface area contributed by atoms with Gasteiger partial charge in [-0.1, -0.05) is 121 Å². The Morgan fingerprint density at radius 1 is 0.608 bits per heavy atom. The molecule has 0 aromatic carbocycles. The Balaban J connectivity index is 0.000000336. The van der Waals surface area contributed by atoms with Crippen LogP contribution in [0.3, 0.4) is 0 Å². The summed E-state index contributed by atoms with van der Waals surface area (Å²) in [7, 11) is 0. The Hall–Kier alpha value is -4.66. The van der Waals surface area contributed by atoms with Gasteiger partial charge < -0.3 is 61.0 Å². The third-order valence-corrected chi connectivity index (χ3v) is 18.1. The van der Waals surface area contributed by atoms with Crippen LogP contribution < -0.4 is 46.1 Å². The molecule has 0 spiro atoms. The molecule has 2 aliphatic heterocycles. The van der Waals surface area contributed by atoms with Crippen molar-refractivity contribution in [1.29, 1.82) is 0 Å². The normalized spacial score (nSPS) is 25.2. The summed E-state index contributed by atoms with van der Waals surface area (Å²) in [5, 5.41) is 15.8. The molecule has 79 heavy (non-hydrogen) atoms. The molecule has 6 amide bonds. The SMILES string of the molecule is C=CC(=O)NC[C@H](CC(=O)CC(C)(C)C)C(=O)N1CC2[C@@H](C1C(=O)CC(CC1CCC1)C(=O)C(N)=O)C2(C)C.C=CC(=O)NC[C@H](CC(=O)CC(C)(C)C)C(=O)N1CC2[C@@H](C1C(=O)CC(CC1CCC1)C(O)C(N)=O)C2(C)C.[I-]. The Morgan fingerprint density at radius 2 is 0.987 bits per heavy atom. The lowest BCUT2D eigenvalue weighted by Crippen LogP contribution is -3.00. The molecule has 7 N–H and O–H groups in total. The highest BCUT2D eigenvalue weighted by molar-refractivity contribution is 6.36. The highest BCUT2D eigenvalue weighted by Gasteiger charge is 2.70. The number of piperidine rings is 2. The van der Waals surface area contributed by atoms with Gasteiger partial charge in [-0.3, -0.25) is 52.7 Å². The van der Waals surface area contributed by atoms with Crippen molar-refractivity contribution in [1.82, 2.24) is 20.4 Å². The number of hydrogen-bond donors (Lipinski definition) is 5. The topological polar surface area (TPSA) is 291 Å². The summed E-state index contributed by atoms with van der Waals surface area (Å²) < 4.78 is 0. The molecule has 18 nitrogen and oxygen atoms in total. The minimum Gasteiger partial charge on any atom is -1.00 e. The first kappa shape index (κ1) is 66.8. The summed E-state index contributed by atoms with van der Waals surface area (Å²) in [5.74, 6) is -6.91. The van der Waals surface area contributed by atoms with Gasteiger partial charge in [-0.2, -0.15) is 0 Å². The minimum absolute atomic E-state index is 0. The van der Waals surface area contributed by atoms with Gasteiger partial charge in [-0.15, -0.1) is 0 Å². The Kier molecular flexibility index (Phi) is 22.8. The van der Waals surface area contributed by atoms with E-state index in [4.69, 9.17) is 11.5 Å². The van der Waals surface area contributed by atoms with E-state index in [0.717, 1.165) is 50.7 Å². The molecule has 6 rings (SSSR count). The van der Waals surface area contributed by atoms with Crippen LogP contribution in [0.4, 0.5) is 0 Å². The average molecular weight is 1220 g/mol. The van der Waals surface area contributed by atoms with E-state index >= 15 is 0 Å². The van der Waals surface area contributed by atoms with Crippen LogP contribution in [0.5, 0.6) is 0 Å². The zero-order valence-electron chi connectivity index (χ0n) is 48.7. The predicted octanol–water partition coefficient (Wildman–Crippen LogP) is 2.00. The zero-order chi connectivity index (χ0) is 58.6. The molecule has 4 aliphatic carbocycles. The number of ketones is 5. The summed E-state index contributed by atoms with van der Waals surface area (Å²) in [4.78, 5) is 144. The zero-order valence-corrected chi connectivity index (χ0v) is 50.8. The molecule has 2 saturated heterocycles. The predicted molar refractivity (Wildman–Crippen MR) is 293 cm³/mol. The van der Waals surface area contributed by atoms with Gasteiger partial charge >= 0.3 is 0 Å². The second-order valence-corrected chi connectivity index (χ2v) is 27.5. The maximum absolute atomic E-state index is 13.9. The minimum atomic E-state index is -1.42. The molecule has 0 bridgehead atoms. The van der Waals surface area contributed by atoms with Crippen molar-refractivity contribution in [3.8, 4) is 0 Å². The number of nitrogens with zero attached hydrogens (tertiary/aromatic N) is 2. The fourth-order valence-electron chi connectivity index (χ4n) is 13.3. The number of carbonyl (C=O) groups excluding carboxylic acids is 11. The average Bonchev–Trinajstić information content (AvgIpc) is 3.74. The molecule has 6 fully saturated rings. The molecule has 6 aliphatic rings. The number of hydrogen-bond acceptors (Lipinski definition) is 12. The Morgan fingerprint density at radius 3 is 1.32 bits per heavy atom. The highest BCUT2D eigenvalue weighted by atomic mass is 127. The van der Waals surface area contributed by atoms with E-state index < -0.39 is 71.3 Å². The number of rotatable bonds is 28. The van der Waals surface area contributed by atoms with Crippen molar-refractivity contribution in [3.05, 3.63) is 25.3 Å². The van der Waals surface area contributed by atoms with E-state index in [-0.39, 0.29) is 149 Å². The molecule has 7 unspecified atom stereocenters. The fourth-order valence-corrected chi connectivity index (χ4v) is 13.3. The van der Waals surface area contributed by atoms with Crippen molar-refractivity contribution in [2.24, 2.45) is 92.3 Å². The van der Waals surface area contributed by atoms with Crippen LogP contribution in [0, 0.1) is 80.8 Å². The van der Waals surface area contributed by atoms with Gasteiger partial charge in [0.05, 0.1) is 23.9 Å². The number of primary amides is 2. The van der Waals surface area contributed by atoms with E-state index in [1.165, 1.54) is 0 Å². The van der Waals surface area contributed by atoms with E-state index in [2.05, 4.69) is 51.5 Å². The molecule has 4 saturated carbocycles. The molecule has 0 aromatic rings. The lowest BCUT2D eigenvalue weighted by Gasteiger charge is -2.35. The quantitative estimate of drug-likeness (QED) is 0.0427. The first-order valence-corrected chi connectivity index (χ1v) is 28.4. The van der Waals surface area contributed by atoms with E-state index in [1.807, 2.05) is 41.5 Å². The van der Waals surface area contributed by atoms with Gasteiger partial charge in [-0.05, 0) is 82.2 Å². The number of nitrogens with one attached hydrogen (secondary N) is 2.